The van der Waals surface area contributed by atoms with Crippen LogP contribution in [0.15, 0.2) is 18.2 Å². The van der Waals surface area contributed by atoms with E-state index in [2.05, 4.69) is 15.5 Å². The molecule has 0 amide bonds. The van der Waals surface area contributed by atoms with Crippen LogP contribution in [-0.2, 0) is 5.54 Å². The molecule has 0 bridgehead atoms. The number of nitrogens with zero attached hydrogens (tertiary/aromatic N) is 4. The van der Waals surface area contributed by atoms with Crippen LogP contribution < -0.4 is 10.5 Å². The number of nitrogen functional groups attached to an aromatic ring is 1. The number of benzene rings is 1. The fourth-order valence-corrected chi connectivity index (χ4v) is 1.86. The molecule has 0 saturated heterocycles. The first-order valence-electron chi connectivity index (χ1n) is 6.25. The van der Waals surface area contributed by atoms with Crippen LogP contribution in [0.4, 0.5) is 5.69 Å². The summed E-state index contributed by atoms with van der Waals surface area (Å²) in [5.74, 6) is 1.32. The van der Waals surface area contributed by atoms with Gasteiger partial charge in [0.15, 0.2) is 5.82 Å². The molecule has 0 atom stereocenters. The molecular weight excluding hydrogens is 242 g/mol. The first kappa shape index (κ1) is 13.3. The Morgan fingerprint density at radius 3 is 2.68 bits per heavy atom. The number of ether oxygens (including phenoxy) is 1. The van der Waals surface area contributed by atoms with Crippen molar-refractivity contribution in [1.82, 2.24) is 20.2 Å². The summed E-state index contributed by atoms with van der Waals surface area (Å²) in [7, 11) is 0. The van der Waals surface area contributed by atoms with Gasteiger partial charge in [0.1, 0.15) is 5.75 Å². The van der Waals surface area contributed by atoms with E-state index >= 15 is 0 Å². The maximum atomic E-state index is 6.07. The number of hydrogen-bond acceptors (Lipinski definition) is 5. The van der Waals surface area contributed by atoms with Gasteiger partial charge >= 0.3 is 0 Å². The zero-order valence-corrected chi connectivity index (χ0v) is 11.7. The van der Waals surface area contributed by atoms with Gasteiger partial charge in [-0.2, -0.15) is 0 Å². The van der Waals surface area contributed by atoms with Crippen LogP contribution in [0, 0.1) is 0 Å². The maximum absolute atomic E-state index is 6.07. The summed E-state index contributed by atoms with van der Waals surface area (Å²) in [4.78, 5) is 0. The minimum Gasteiger partial charge on any atom is -0.493 e. The summed E-state index contributed by atoms with van der Waals surface area (Å²) in [6.45, 7) is 8.60. The number of hydrogen-bond donors (Lipinski definition) is 1. The monoisotopic (exact) mass is 261 g/mol. The van der Waals surface area contributed by atoms with Crippen molar-refractivity contribution in [3.05, 3.63) is 18.2 Å². The molecule has 0 fully saturated rings. The summed E-state index contributed by atoms with van der Waals surface area (Å²) in [6, 6.07) is 5.55. The van der Waals surface area contributed by atoms with Crippen molar-refractivity contribution in [2.45, 2.75) is 33.2 Å². The standard InChI is InChI=1S/C13H19N5O/c1-5-19-10-8-6-7-9(14)11(10)12-15-16-17-18(12)13(2,3)4/h6-8H,5,14H2,1-4H3. The highest BCUT2D eigenvalue weighted by Gasteiger charge is 2.24. The van der Waals surface area contributed by atoms with E-state index in [0.29, 0.717) is 23.9 Å². The van der Waals surface area contributed by atoms with E-state index in [9.17, 15) is 0 Å². The van der Waals surface area contributed by atoms with Crippen molar-refractivity contribution >= 4 is 5.69 Å². The number of rotatable bonds is 3. The van der Waals surface area contributed by atoms with E-state index in [1.54, 1.807) is 4.68 Å². The Morgan fingerprint density at radius 2 is 2.05 bits per heavy atom. The highest BCUT2D eigenvalue weighted by atomic mass is 16.5. The summed E-state index contributed by atoms with van der Waals surface area (Å²) >= 11 is 0. The summed E-state index contributed by atoms with van der Waals surface area (Å²) < 4.78 is 7.37. The van der Waals surface area contributed by atoms with Crippen LogP contribution >= 0.6 is 0 Å². The van der Waals surface area contributed by atoms with Crippen molar-refractivity contribution in [3.8, 4) is 17.1 Å². The molecule has 0 aliphatic carbocycles. The number of aromatic nitrogens is 4. The quantitative estimate of drug-likeness (QED) is 0.856. The third-order valence-corrected chi connectivity index (χ3v) is 2.69. The van der Waals surface area contributed by atoms with Crippen LogP contribution in [0.2, 0.25) is 0 Å². The highest BCUT2D eigenvalue weighted by molar-refractivity contribution is 5.77. The van der Waals surface area contributed by atoms with E-state index in [1.165, 1.54) is 0 Å². The van der Waals surface area contributed by atoms with E-state index in [0.717, 1.165) is 5.56 Å². The van der Waals surface area contributed by atoms with Crippen molar-refractivity contribution in [1.29, 1.82) is 0 Å². The first-order chi connectivity index (χ1) is 8.95. The summed E-state index contributed by atoms with van der Waals surface area (Å²) in [5, 5.41) is 11.9. The Bertz CT molecular complexity index is 571. The second-order valence-corrected chi connectivity index (χ2v) is 5.24. The Labute approximate surface area is 112 Å². The van der Waals surface area contributed by atoms with Gasteiger partial charge in [-0.15, -0.1) is 5.10 Å². The average Bonchev–Trinajstić information content (AvgIpc) is 2.78. The third-order valence-electron chi connectivity index (χ3n) is 2.69. The lowest BCUT2D eigenvalue weighted by Crippen LogP contribution is -2.24. The van der Waals surface area contributed by atoms with E-state index < -0.39 is 0 Å². The molecule has 0 aliphatic rings. The number of nitrogens with two attached hydrogens (primary N) is 1. The Balaban J connectivity index is 2.62. The molecule has 2 N–H and O–H groups in total. The van der Waals surface area contributed by atoms with Crippen LogP contribution in [0.3, 0.4) is 0 Å². The molecule has 0 unspecified atom stereocenters. The zero-order valence-electron chi connectivity index (χ0n) is 11.7. The number of anilines is 1. The van der Waals surface area contributed by atoms with Gasteiger partial charge in [0.25, 0.3) is 0 Å². The predicted molar refractivity (Wildman–Crippen MR) is 73.8 cm³/mol. The molecule has 6 nitrogen and oxygen atoms in total. The Kier molecular flexibility index (Phi) is 3.42. The minimum absolute atomic E-state index is 0.232. The molecule has 2 rings (SSSR count). The fraction of sp³-hybridized carbons (Fsp3) is 0.462. The topological polar surface area (TPSA) is 78.8 Å². The summed E-state index contributed by atoms with van der Waals surface area (Å²) in [6.07, 6.45) is 0. The fourth-order valence-electron chi connectivity index (χ4n) is 1.86. The SMILES string of the molecule is CCOc1cccc(N)c1-c1nnnn1C(C)(C)C. The van der Waals surface area contributed by atoms with Gasteiger partial charge in [0, 0.05) is 5.69 Å². The van der Waals surface area contributed by atoms with Crippen molar-refractivity contribution in [2.24, 2.45) is 0 Å². The molecule has 2 aromatic rings. The molecule has 0 saturated carbocycles. The lowest BCUT2D eigenvalue weighted by atomic mass is 10.1. The van der Waals surface area contributed by atoms with Crippen LogP contribution in [-0.4, -0.2) is 26.8 Å². The summed E-state index contributed by atoms with van der Waals surface area (Å²) in [5.41, 5.74) is 7.18. The highest BCUT2D eigenvalue weighted by Crippen LogP contribution is 2.35. The minimum atomic E-state index is -0.232. The molecule has 6 heteroatoms. The molecular formula is C13H19N5O. The Morgan fingerprint density at radius 1 is 1.32 bits per heavy atom. The largest absolute Gasteiger partial charge is 0.493 e. The van der Waals surface area contributed by atoms with E-state index in [1.807, 2.05) is 45.9 Å². The maximum Gasteiger partial charge on any atom is 0.188 e. The van der Waals surface area contributed by atoms with Gasteiger partial charge in [0.2, 0.25) is 0 Å². The second kappa shape index (κ2) is 4.87. The first-order valence-corrected chi connectivity index (χ1v) is 6.25. The van der Waals surface area contributed by atoms with Gasteiger partial charge in [-0.3, -0.25) is 0 Å². The van der Waals surface area contributed by atoms with Crippen molar-refractivity contribution < 1.29 is 4.74 Å². The second-order valence-electron chi connectivity index (χ2n) is 5.24. The van der Waals surface area contributed by atoms with E-state index in [4.69, 9.17) is 10.5 Å². The number of tetrazole rings is 1. The van der Waals surface area contributed by atoms with Gasteiger partial charge in [-0.05, 0) is 50.3 Å². The molecule has 1 aromatic heterocycles. The third kappa shape index (κ3) is 2.52. The molecule has 19 heavy (non-hydrogen) atoms. The van der Waals surface area contributed by atoms with Gasteiger partial charge in [0.05, 0.1) is 17.7 Å². The Hall–Kier alpha value is -2.11. The lowest BCUT2D eigenvalue weighted by molar-refractivity contribution is 0.337. The molecule has 0 radical (unpaired) electrons. The zero-order chi connectivity index (χ0) is 14.0. The van der Waals surface area contributed by atoms with E-state index in [-0.39, 0.29) is 5.54 Å². The van der Waals surface area contributed by atoms with Gasteiger partial charge in [-0.1, -0.05) is 6.07 Å². The van der Waals surface area contributed by atoms with Gasteiger partial charge < -0.3 is 10.5 Å². The van der Waals surface area contributed by atoms with Crippen molar-refractivity contribution in [2.75, 3.05) is 12.3 Å². The van der Waals surface area contributed by atoms with Gasteiger partial charge in [-0.25, -0.2) is 4.68 Å². The smallest absolute Gasteiger partial charge is 0.188 e. The molecule has 1 aromatic carbocycles. The normalized spacial score (nSPS) is 11.6. The van der Waals surface area contributed by atoms with Crippen LogP contribution in [0.1, 0.15) is 27.7 Å². The lowest BCUT2D eigenvalue weighted by Gasteiger charge is -2.21. The van der Waals surface area contributed by atoms with Crippen LogP contribution in [0.5, 0.6) is 5.75 Å². The molecule has 1 heterocycles. The average molecular weight is 261 g/mol. The van der Waals surface area contributed by atoms with Crippen LogP contribution in [0.25, 0.3) is 11.4 Å². The molecule has 0 aliphatic heterocycles. The molecule has 102 valence electrons. The van der Waals surface area contributed by atoms with Crippen molar-refractivity contribution in [3.63, 3.8) is 0 Å². The molecule has 0 spiro atoms. The predicted octanol–water partition coefficient (Wildman–Crippen LogP) is 2.08.